The zero-order valence-corrected chi connectivity index (χ0v) is 17.8. The van der Waals surface area contributed by atoms with Crippen LogP contribution >= 0.6 is 11.6 Å². The Balaban J connectivity index is 1.48. The van der Waals surface area contributed by atoms with Gasteiger partial charge < -0.3 is 5.32 Å². The van der Waals surface area contributed by atoms with Crippen LogP contribution < -0.4 is 15.3 Å². The first-order valence-electron chi connectivity index (χ1n) is 10.4. The summed E-state index contributed by atoms with van der Waals surface area (Å²) >= 11 is 6.54. The second-order valence-electron chi connectivity index (χ2n) is 7.16. The van der Waals surface area contributed by atoms with Gasteiger partial charge in [-0.3, -0.25) is 5.32 Å². The third kappa shape index (κ3) is 4.70. The Bertz CT molecular complexity index is 1150. The van der Waals surface area contributed by atoms with Gasteiger partial charge in [0, 0.05) is 29.6 Å². The maximum atomic E-state index is 6.54. The van der Waals surface area contributed by atoms with E-state index < -0.39 is 0 Å². The normalized spacial score (nSPS) is 12.4. The summed E-state index contributed by atoms with van der Waals surface area (Å²) in [6, 6.07) is 14.2. The first kappa shape index (κ1) is 20.1. The molecule has 30 heavy (non-hydrogen) atoms. The molecule has 1 aliphatic rings. The predicted molar refractivity (Wildman–Crippen MR) is 127 cm³/mol. The number of amidine groups is 1. The molecule has 5 nitrogen and oxygen atoms in total. The van der Waals surface area contributed by atoms with Crippen LogP contribution in [0.3, 0.4) is 0 Å². The molecule has 2 aromatic carbocycles. The fourth-order valence-electron chi connectivity index (χ4n) is 3.37. The Kier molecular flexibility index (Phi) is 6.43. The van der Waals surface area contributed by atoms with Crippen molar-refractivity contribution in [1.82, 2.24) is 20.0 Å². The molecule has 6 heteroatoms. The highest BCUT2D eigenvalue weighted by molar-refractivity contribution is 6.33. The number of allylic oxidation sites excluding steroid dienone is 1. The molecule has 1 aliphatic heterocycles. The van der Waals surface area contributed by atoms with Crippen LogP contribution in [-0.2, 0) is 6.42 Å². The van der Waals surface area contributed by atoms with E-state index in [0.29, 0.717) is 10.8 Å². The number of nitrogens with one attached hydrogen (secondary N) is 2. The number of rotatable bonds is 8. The third-order valence-electron chi connectivity index (χ3n) is 5.04. The number of halogens is 1. The van der Waals surface area contributed by atoms with Gasteiger partial charge in [-0.1, -0.05) is 36.7 Å². The first-order valence-corrected chi connectivity index (χ1v) is 10.7. The highest BCUT2D eigenvalue weighted by Crippen LogP contribution is 2.30. The van der Waals surface area contributed by atoms with E-state index in [2.05, 4.69) is 28.3 Å². The second kappa shape index (κ2) is 9.57. The van der Waals surface area contributed by atoms with Gasteiger partial charge in [0.25, 0.3) is 0 Å². The van der Waals surface area contributed by atoms with Gasteiger partial charge in [-0.15, -0.1) is 0 Å². The number of hydrogen-bond donors (Lipinski definition) is 2. The molecule has 0 aliphatic carbocycles. The van der Waals surface area contributed by atoms with E-state index in [1.165, 1.54) is 5.56 Å². The number of unbranched alkanes of at least 4 members (excludes halogenated alkanes) is 1. The van der Waals surface area contributed by atoms with Crippen molar-refractivity contribution in [2.45, 2.75) is 26.2 Å². The summed E-state index contributed by atoms with van der Waals surface area (Å²) in [4.78, 5) is 9.57. The molecular formula is C24H25ClN5+. The molecule has 0 unspecified atom stereocenters. The van der Waals surface area contributed by atoms with Gasteiger partial charge in [0.1, 0.15) is 5.82 Å². The monoisotopic (exact) mass is 418 g/mol. The van der Waals surface area contributed by atoms with Crippen LogP contribution in [0.5, 0.6) is 0 Å². The lowest BCUT2D eigenvalue weighted by Crippen LogP contribution is -2.23. The molecule has 2 N–H and O–H groups in total. The molecular weight excluding hydrogens is 394 g/mol. The SMILES string of the molecule is CCc1ccc(-c2nc(NCCCCNC3=[N+]=CC=C3)c3ccccc3n2)c(Cl)c1. The van der Waals surface area contributed by atoms with Gasteiger partial charge in [-0.2, -0.15) is 0 Å². The summed E-state index contributed by atoms with van der Waals surface area (Å²) in [7, 11) is 0. The fraction of sp³-hybridized carbons (Fsp3) is 0.250. The molecule has 3 aromatic rings. The van der Waals surface area contributed by atoms with Gasteiger partial charge in [0.05, 0.1) is 17.1 Å². The minimum atomic E-state index is 0.646. The molecule has 0 bridgehead atoms. The minimum absolute atomic E-state index is 0.646. The minimum Gasteiger partial charge on any atom is -0.369 e. The molecule has 1 aromatic heterocycles. The first-order chi connectivity index (χ1) is 14.7. The lowest BCUT2D eigenvalue weighted by atomic mass is 10.1. The number of benzene rings is 2. The number of anilines is 1. The molecule has 0 spiro atoms. The molecule has 0 radical (unpaired) electrons. The summed E-state index contributed by atoms with van der Waals surface area (Å²) < 4.78 is 4.22. The Morgan fingerprint density at radius 2 is 1.83 bits per heavy atom. The Labute approximate surface area is 181 Å². The van der Waals surface area contributed by atoms with E-state index in [-0.39, 0.29) is 0 Å². The standard InChI is InChI=1S/C24H24ClN5/c1-2-17-11-12-18(20(25)16-17)24-29-21-9-4-3-8-19(21)23(30-24)28-14-6-5-13-26-22-10-7-15-27-22/h3-4,7-12,15-16H,2,5-6,13-14H2,1H3,(H,28,29,30)/p+1. The van der Waals surface area contributed by atoms with Gasteiger partial charge in [0.15, 0.2) is 12.0 Å². The quantitative estimate of drug-likeness (QED) is 0.420. The van der Waals surface area contributed by atoms with Gasteiger partial charge >= 0.3 is 5.84 Å². The van der Waals surface area contributed by atoms with E-state index in [1.54, 1.807) is 6.21 Å². The molecule has 152 valence electrons. The van der Waals surface area contributed by atoms with Gasteiger partial charge in [-0.25, -0.2) is 14.6 Å². The molecule has 0 fully saturated rings. The lowest BCUT2D eigenvalue weighted by Gasteiger charge is -2.12. The highest BCUT2D eigenvalue weighted by Gasteiger charge is 2.12. The van der Waals surface area contributed by atoms with Crippen LogP contribution in [0.15, 0.2) is 54.6 Å². The molecule has 0 amide bonds. The fourth-order valence-corrected chi connectivity index (χ4v) is 3.66. The summed E-state index contributed by atoms with van der Waals surface area (Å²) in [5.74, 6) is 2.42. The predicted octanol–water partition coefficient (Wildman–Crippen LogP) is 4.40. The zero-order valence-electron chi connectivity index (χ0n) is 17.0. The van der Waals surface area contributed by atoms with E-state index in [9.17, 15) is 0 Å². The summed E-state index contributed by atoms with van der Waals surface area (Å²) in [5.41, 5.74) is 2.96. The van der Waals surface area contributed by atoms with Crippen molar-refractivity contribution in [3.05, 3.63) is 65.2 Å². The number of hydrogen-bond acceptors (Lipinski definition) is 4. The average molecular weight is 419 g/mol. The van der Waals surface area contributed by atoms with Gasteiger partial charge in [-0.05, 0) is 49.1 Å². The van der Waals surface area contributed by atoms with Crippen LogP contribution in [0.25, 0.3) is 22.3 Å². The van der Waals surface area contributed by atoms with Crippen molar-refractivity contribution < 1.29 is 0 Å². The van der Waals surface area contributed by atoms with Crippen molar-refractivity contribution in [2.24, 2.45) is 0 Å². The van der Waals surface area contributed by atoms with E-state index >= 15 is 0 Å². The maximum absolute atomic E-state index is 6.54. The Morgan fingerprint density at radius 1 is 1.00 bits per heavy atom. The number of aromatic nitrogens is 2. The van der Waals surface area contributed by atoms with Crippen molar-refractivity contribution in [1.29, 1.82) is 0 Å². The summed E-state index contributed by atoms with van der Waals surface area (Å²) in [6.45, 7) is 3.85. The average Bonchev–Trinajstić information content (AvgIpc) is 3.29. The number of aryl methyl sites for hydroxylation is 1. The number of para-hydroxylation sites is 1. The molecule has 0 saturated heterocycles. The van der Waals surface area contributed by atoms with Crippen molar-refractivity contribution in [3.8, 4) is 11.4 Å². The van der Waals surface area contributed by atoms with Crippen LogP contribution in [0.1, 0.15) is 25.3 Å². The molecule has 2 heterocycles. The van der Waals surface area contributed by atoms with Crippen LogP contribution in [0.4, 0.5) is 5.82 Å². The summed E-state index contributed by atoms with van der Waals surface area (Å²) in [5, 5.41) is 8.51. The van der Waals surface area contributed by atoms with E-state index in [0.717, 1.165) is 60.5 Å². The Hall–Kier alpha value is -3.14. The topological polar surface area (TPSA) is 63.9 Å². The maximum Gasteiger partial charge on any atom is 0.367 e. The van der Waals surface area contributed by atoms with Crippen LogP contribution in [-0.4, -0.2) is 35.1 Å². The van der Waals surface area contributed by atoms with Crippen LogP contribution in [0.2, 0.25) is 5.02 Å². The highest BCUT2D eigenvalue weighted by atomic mass is 35.5. The van der Waals surface area contributed by atoms with Gasteiger partial charge in [0.2, 0.25) is 0 Å². The number of fused-ring (bicyclic) bond motifs is 1. The van der Waals surface area contributed by atoms with Crippen molar-refractivity contribution in [2.75, 3.05) is 18.4 Å². The lowest BCUT2D eigenvalue weighted by molar-refractivity contribution is 0.732. The van der Waals surface area contributed by atoms with Crippen molar-refractivity contribution >= 4 is 40.4 Å². The second-order valence-corrected chi connectivity index (χ2v) is 7.57. The smallest absolute Gasteiger partial charge is 0.367 e. The van der Waals surface area contributed by atoms with E-state index in [1.807, 2.05) is 48.6 Å². The Morgan fingerprint density at radius 3 is 2.60 bits per heavy atom. The largest absolute Gasteiger partial charge is 0.369 e. The molecule has 0 atom stereocenters. The van der Waals surface area contributed by atoms with Crippen LogP contribution in [0, 0.1) is 0 Å². The third-order valence-corrected chi connectivity index (χ3v) is 5.35. The van der Waals surface area contributed by atoms with E-state index in [4.69, 9.17) is 21.6 Å². The summed E-state index contributed by atoms with van der Waals surface area (Å²) in [6.07, 6.45) is 8.72. The van der Waals surface area contributed by atoms with Crippen molar-refractivity contribution in [3.63, 3.8) is 0 Å². The zero-order chi connectivity index (χ0) is 20.8. The molecule has 0 saturated carbocycles. The number of nitrogens with zero attached hydrogens (tertiary/aromatic N) is 3. The molecule has 4 rings (SSSR count).